The first-order valence-corrected chi connectivity index (χ1v) is 8.73. The summed E-state index contributed by atoms with van der Waals surface area (Å²) in [5.74, 6) is 0. The third kappa shape index (κ3) is 2.28. The lowest BCUT2D eigenvalue weighted by molar-refractivity contribution is 0.574. The Labute approximate surface area is 132 Å². The summed E-state index contributed by atoms with van der Waals surface area (Å²) in [6.07, 6.45) is 2.93. The summed E-state index contributed by atoms with van der Waals surface area (Å²) in [5.41, 5.74) is 9.83. The van der Waals surface area contributed by atoms with Crippen LogP contribution >= 0.6 is 0 Å². The number of nitrogens with two attached hydrogens (primary N) is 1. The van der Waals surface area contributed by atoms with E-state index < -0.39 is 10.8 Å². The zero-order valence-corrected chi connectivity index (χ0v) is 13.0. The van der Waals surface area contributed by atoms with Gasteiger partial charge >= 0.3 is 0 Å². The van der Waals surface area contributed by atoms with Crippen LogP contribution < -0.4 is 5.73 Å². The molecule has 2 atom stereocenters. The SMILES string of the molecule is NC1CCc2[nH]c3ccc(S(=O)c4ccccc4)cc3c2C1. The topological polar surface area (TPSA) is 58.9 Å². The Bertz CT molecular complexity index is 854. The molecule has 1 heterocycles. The lowest BCUT2D eigenvalue weighted by Gasteiger charge is -2.18. The van der Waals surface area contributed by atoms with Crippen molar-refractivity contribution in [3.05, 3.63) is 59.8 Å². The maximum atomic E-state index is 12.7. The van der Waals surface area contributed by atoms with Gasteiger partial charge in [0, 0.05) is 32.4 Å². The minimum absolute atomic E-state index is 0.231. The Hall–Kier alpha value is -1.91. The van der Waals surface area contributed by atoms with Gasteiger partial charge in [-0.15, -0.1) is 0 Å². The molecular formula is C18H18N2OS. The quantitative estimate of drug-likeness (QED) is 0.764. The van der Waals surface area contributed by atoms with Crippen LogP contribution in [-0.4, -0.2) is 15.2 Å². The first-order chi connectivity index (χ1) is 10.7. The third-order valence-electron chi connectivity index (χ3n) is 4.37. The van der Waals surface area contributed by atoms with Gasteiger partial charge < -0.3 is 10.7 Å². The molecule has 0 radical (unpaired) electrons. The van der Waals surface area contributed by atoms with Gasteiger partial charge in [-0.2, -0.15) is 0 Å². The molecule has 0 saturated carbocycles. The summed E-state index contributed by atoms with van der Waals surface area (Å²) in [5, 5.41) is 1.17. The Morgan fingerprint density at radius 2 is 1.91 bits per heavy atom. The zero-order valence-electron chi connectivity index (χ0n) is 12.2. The first kappa shape index (κ1) is 13.7. The second-order valence-electron chi connectivity index (χ2n) is 5.87. The number of nitrogens with one attached hydrogen (secondary N) is 1. The molecule has 112 valence electrons. The number of fused-ring (bicyclic) bond motifs is 3. The van der Waals surface area contributed by atoms with E-state index in [-0.39, 0.29) is 6.04 Å². The second-order valence-corrected chi connectivity index (χ2v) is 7.35. The van der Waals surface area contributed by atoms with Crippen LogP contribution in [0.2, 0.25) is 0 Å². The second kappa shape index (κ2) is 5.38. The van der Waals surface area contributed by atoms with Gasteiger partial charge in [-0.25, -0.2) is 4.21 Å². The van der Waals surface area contributed by atoms with Crippen LogP contribution in [0.5, 0.6) is 0 Å². The van der Waals surface area contributed by atoms with Crippen molar-refractivity contribution in [3.63, 3.8) is 0 Å². The molecular weight excluding hydrogens is 292 g/mol. The van der Waals surface area contributed by atoms with Gasteiger partial charge in [0.15, 0.2) is 0 Å². The lowest BCUT2D eigenvalue weighted by Crippen LogP contribution is -2.27. The van der Waals surface area contributed by atoms with E-state index in [1.165, 1.54) is 16.6 Å². The van der Waals surface area contributed by atoms with Crippen LogP contribution in [0.1, 0.15) is 17.7 Å². The molecule has 0 bridgehead atoms. The van der Waals surface area contributed by atoms with Crippen LogP contribution in [0.15, 0.2) is 58.3 Å². The average Bonchev–Trinajstić information content (AvgIpc) is 2.92. The molecule has 3 nitrogen and oxygen atoms in total. The van der Waals surface area contributed by atoms with Crippen LogP contribution in [0.3, 0.4) is 0 Å². The molecule has 4 rings (SSSR count). The maximum Gasteiger partial charge on any atom is 0.0849 e. The summed E-state index contributed by atoms with van der Waals surface area (Å²) >= 11 is 0. The van der Waals surface area contributed by atoms with E-state index in [0.29, 0.717) is 0 Å². The number of benzene rings is 2. The van der Waals surface area contributed by atoms with Gasteiger partial charge in [0.25, 0.3) is 0 Å². The fraction of sp³-hybridized carbons (Fsp3) is 0.222. The van der Waals surface area contributed by atoms with Crippen molar-refractivity contribution in [2.75, 3.05) is 0 Å². The number of aromatic nitrogens is 1. The Balaban J connectivity index is 1.81. The van der Waals surface area contributed by atoms with Crippen molar-refractivity contribution >= 4 is 21.7 Å². The highest BCUT2D eigenvalue weighted by molar-refractivity contribution is 7.85. The van der Waals surface area contributed by atoms with E-state index in [1.54, 1.807) is 0 Å². The molecule has 1 aliphatic carbocycles. The molecule has 4 heteroatoms. The molecule has 22 heavy (non-hydrogen) atoms. The summed E-state index contributed by atoms with van der Waals surface area (Å²) in [6, 6.07) is 15.9. The number of hydrogen-bond donors (Lipinski definition) is 2. The van der Waals surface area contributed by atoms with Gasteiger partial charge in [-0.1, -0.05) is 18.2 Å². The van der Waals surface area contributed by atoms with Crippen LogP contribution in [0.4, 0.5) is 0 Å². The molecule has 3 N–H and O–H groups in total. The lowest BCUT2D eigenvalue weighted by atomic mass is 9.92. The normalized spacial score (nSPS) is 19.0. The smallest absolute Gasteiger partial charge is 0.0849 e. The predicted molar refractivity (Wildman–Crippen MR) is 89.4 cm³/mol. The fourth-order valence-electron chi connectivity index (χ4n) is 3.22. The van der Waals surface area contributed by atoms with Crippen molar-refractivity contribution < 1.29 is 4.21 Å². The van der Waals surface area contributed by atoms with Gasteiger partial charge in [0.1, 0.15) is 0 Å². The van der Waals surface area contributed by atoms with E-state index >= 15 is 0 Å². The number of H-pyrrole nitrogens is 1. The maximum absolute atomic E-state index is 12.7. The minimum atomic E-state index is -1.14. The summed E-state index contributed by atoms with van der Waals surface area (Å²) < 4.78 is 12.7. The Morgan fingerprint density at radius 1 is 1.09 bits per heavy atom. The number of rotatable bonds is 2. The van der Waals surface area contributed by atoms with Gasteiger partial charge in [-0.05, 0) is 55.2 Å². The molecule has 0 aliphatic heterocycles. The van der Waals surface area contributed by atoms with Crippen molar-refractivity contribution in [1.82, 2.24) is 4.98 Å². The largest absolute Gasteiger partial charge is 0.358 e. The molecule has 0 amide bonds. The number of aromatic amines is 1. The van der Waals surface area contributed by atoms with Gasteiger partial charge in [0.05, 0.1) is 10.8 Å². The summed E-state index contributed by atoms with van der Waals surface area (Å²) in [4.78, 5) is 5.17. The summed E-state index contributed by atoms with van der Waals surface area (Å²) in [6.45, 7) is 0. The molecule has 3 aromatic rings. The first-order valence-electron chi connectivity index (χ1n) is 7.58. The minimum Gasteiger partial charge on any atom is -0.358 e. The molecule has 2 unspecified atom stereocenters. The highest BCUT2D eigenvalue weighted by atomic mass is 32.2. The van der Waals surface area contributed by atoms with E-state index in [1.807, 2.05) is 42.5 Å². The standard InChI is InChI=1S/C18H18N2OS/c19-12-6-8-17-15(10-12)16-11-14(7-9-18(16)20-17)22(21)13-4-2-1-3-5-13/h1-5,7,9,11-12,20H,6,8,10,19H2. The molecule has 2 aromatic carbocycles. The van der Waals surface area contributed by atoms with Crippen LogP contribution in [-0.2, 0) is 23.6 Å². The molecule has 0 spiro atoms. The highest BCUT2D eigenvalue weighted by Gasteiger charge is 2.20. The molecule has 0 saturated heterocycles. The van der Waals surface area contributed by atoms with Crippen molar-refractivity contribution in [3.8, 4) is 0 Å². The monoisotopic (exact) mass is 310 g/mol. The third-order valence-corrected chi connectivity index (χ3v) is 5.75. The highest BCUT2D eigenvalue weighted by Crippen LogP contribution is 2.30. The molecule has 1 aromatic heterocycles. The number of aryl methyl sites for hydroxylation is 1. The van der Waals surface area contributed by atoms with Crippen molar-refractivity contribution in [2.45, 2.75) is 35.1 Å². The predicted octanol–water partition coefficient (Wildman–Crippen LogP) is 3.15. The van der Waals surface area contributed by atoms with E-state index in [9.17, 15) is 4.21 Å². The Morgan fingerprint density at radius 3 is 2.73 bits per heavy atom. The van der Waals surface area contributed by atoms with E-state index in [2.05, 4.69) is 11.1 Å². The molecule has 0 fully saturated rings. The number of hydrogen-bond acceptors (Lipinski definition) is 2. The van der Waals surface area contributed by atoms with Crippen molar-refractivity contribution in [1.29, 1.82) is 0 Å². The average molecular weight is 310 g/mol. The molecule has 1 aliphatic rings. The van der Waals surface area contributed by atoms with E-state index in [4.69, 9.17) is 5.73 Å². The van der Waals surface area contributed by atoms with Crippen LogP contribution in [0.25, 0.3) is 10.9 Å². The van der Waals surface area contributed by atoms with Gasteiger partial charge in [0.2, 0.25) is 0 Å². The zero-order chi connectivity index (χ0) is 15.1. The Kier molecular flexibility index (Phi) is 3.36. The van der Waals surface area contributed by atoms with Crippen LogP contribution in [0, 0.1) is 0 Å². The van der Waals surface area contributed by atoms with Gasteiger partial charge in [-0.3, -0.25) is 0 Å². The van der Waals surface area contributed by atoms with E-state index in [0.717, 1.165) is 34.6 Å². The fourth-order valence-corrected chi connectivity index (χ4v) is 4.31. The summed E-state index contributed by atoms with van der Waals surface area (Å²) in [7, 11) is -1.14. The van der Waals surface area contributed by atoms with Crippen molar-refractivity contribution in [2.24, 2.45) is 5.73 Å².